The van der Waals surface area contributed by atoms with Gasteiger partial charge in [0.15, 0.2) is 0 Å². The Morgan fingerprint density at radius 2 is 2.00 bits per heavy atom. The van der Waals surface area contributed by atoms with Crippen LogP contribution in [0, 0.1) is 12.8 Å². The second-order valence-corrected chi connectivity index (χ2v) is 6.85. The smallest absolute Gasteiger partial charge is 0.206 e. The van der Waals surface area contributed by atoms with Gasteiger partial charge in [-0.1, -0.05) is 19.3 Å². The lowest BCUT2D eigenvalue weighted by Gasteiger charge is -2.30. The molecule has 1 aromatic heterocycles. The average Bonchev–Trinajstić information content (AvgIpc) is 3.14. The van der Waals surface area contributed by atoms with Crippen LogP contribution >= 0.6 is 0 Å². The molecule has 1 aliphatic carbocycles. The van der Waals surface area contributed by atoms with Crippen LogP contribution in [0.15, 0.2) is 6.20 Å². The van der Waals surface area contributed by atoms with E-state index in [1.807, 2.05) is 0 Å². The van der Waals surface area contributed by atoms with Gasteiger partial charge in [-0.25, -0.2) is 4.98 Å². The highest BCUT2D eigenvalue weighted by Crippen LogP contribution is 2.36. The Labute approximate surface area is 121 Å². The lowest BCUT2D eigenvalue weighted by atomic mass is 9.95. The Morgan fingerprint density at radius 3 is 2.85 bits per heavy atom. The van der Waals surface area contributed by atoms with Gasteiger partial charge in [0.25, 0.3) is 0 Å². The minimum atomic E-state index is 0.680. The molecule has 110 valence electrons. The summed E-state index contributed by atoms with van der Waals surface area (Å²) < 4.78 is 2.51. The lowest BCUT2D eigenvalue weighted by Crippen LogP contribution is -2.36. The molecule has 1 aromatic rings. The summed E-state index contributed by atoms with van der Waals surface area (Å²) in [6.45, 7) is 5.68. The molecule has 3 fully saturated rings. The molecule has 20 heavy (non-hydrogen) atoms. The fourth-order valence-corrected chi connectivity index (χ4v) is 4.44. The van der Waals surface area contributed by atoms with Crippen molar-refractivity contribution in [3.05, 3.63) is 11.9 Å². The van der Waals surface area contributed by atoms with Crippen molar-refractivity contribution in [3.8, 4) is 0 Å². The van der Waals surface area contributed by atoms with E-state index in [1.54, 1.807) is 0 Å². The number of aryl methyl sites for hydroxylation is 1. The summed E-state index contributed by atoms with van der Waals surface area (Å²) >= 11 is 0. The molecule has 3 aliphatic rings. The Kier molecular flexibility index (Phi) is 3.21. The summed E-state index contributed by atoms with van der Waals surface area (Å²) in [5, 5.41) is 3.55. The Bertz CT molecular complexity index is 475. The van der Waals surface area contributed by atoms with Crippen LogP contribution < -0.4 is 10.2 Å². The van der Waals surface area contributed by atoms with Crippen molar-refractivity contribution in [2.24, 2.45) is 5.92 Å². The molecule has 3 heterocycles. The van der Waals surface area contributed by atoms with Gasteiger partial charge in [-0.15, -0.1) is 0 Å². The summed E-state index contributed by atoms with van der Waals surface area (Å²) in [5.41, 5.74) is 1.18. The molecule has 4 nitrogen and oxygen atoms in total. The maximum absolute atomic E-state index is 4.89. The number of fused-ring (bicyclic) bond motifs is 1. The van der Waals surface area contributed by atoms with E-state index in [4.69, 9.17) is 4.98 Å². The van der Waals surface area contributed by atoms with E-state index in [2.05, 4.69) is 27.9 Å². The fourth-order valence-electron chi connectivity index (χ4n) is 4.44. The second kappa shape index (κ2) is 5.06. The molecule has 2 atom stereocenters. The average molecular weight is 274 g/mol. The molecule has 2 aliphatic heterocycles. The van der Waals surface area contributed by atoms with Gasteiger partial charge in [0.1, 0.15) is 0 Å². The van der Waals surface area contributed by atoms with Crippen LogP contribution in [-0.2, 0) is 0 Å². The van der Waals surface area contributed by atoms with Gasteiger partial charge >= 0.3 is 0 Å². The van der Waals surface area contributed by atoms with Gasteiger partial charge in [0.05, 0.1) is 5.69 Å². The predicted octanol–water partition coefficient (Wildman–Crippen LogP) is 2.49. The lowest BCUT2D eigenvalue weighted by molar-refractivity contribution is 0.352. The number of hydrogen-bond donors (Lipinski definition) is 1. The topological polar surface area (TPSA) is 33.1 Å². The summed E-state index contributed by atoms with van der Waals surface area (Å²) in [7, 11) is 0. The van der Waals surface area contributed by atoms with Gasteiger partial charge < -0.3 is 14.8 Å². The van der Waals surface area contributed by atoms with Crippen LogP contribution in [0.4, 0.5) is 5.95 Å². The Morgan fingerprint density at radius 1 is 1.15 bits per heavy atom. The second-order valence-electron chi connectivity index (χ2n) is 6.85. The first-order valence-corrected chi connectivity index (χ1v) is 8.36. The standard InChI is InChI=1S/C16H26N4/c1-12-11-20(14-5-3-2-4-6-14)16(18-12)19-8-7-13-9-17-10-15(13)19/h11,13-15,17H,2-10H2,1H3/t13-,15+/m0/s1. The third-order valence-electron chi connectivity index (χ3n) is 5.50. The monoisotopic (exact) mass is 274 g/mol. The third-order valence-corrected chi connectivity index (χ3v) is 5.50. The molecular formula is C16H26N4. The van der Waals surface area contributed by atoms with E-state index >= 15 is 0 Å². The summed E-state index contributed by atoms with van der Waals surface area (Å²) in [4.78, 5) is 7.48. The number of rotatable bonds is 2. The zero-order valence-corrected chi connectivity index (χ0v) is 12.5. The molecule has 0 spiro atoms. The molecule has 2 saturated heterocycles. The largest absolute Gasteiger partial charge is 0.338 e. The van der Waals surface area contributed by atoms with Crippen molar-refractivity contribution in [1.82, 2.24) is 14.9 Å². The molecule has 0 amide bonds. The first-order chi connectivity index (χ1) is 9.83. The van der Waals surface area contributed by atoms with Crippen molar-refractivity contribution in [2.45, 2.75) is 57.5 Å². The number of aromatic nitrogens is 2. The quantitative estimate of drug-likeness (QED) is 0.899. The molecule has 1 saturated carbocycles. The highest BCUT2D eigenvalue weighted by atomic mass is 15.4. The number of hydrogen-bond acceptors (Lipinski definition) is 3. The first-order valence-electron chi connectivity index (χ1n) is 8.36. The molecule has 1 N–H and O–H groups in total. The maximum Gasteiger partial charge on any atom is 0.206 e. The van der Waals surface area contributed by atoms with Crippen LogP contribution in [-0.4, -0.2) is 35.2 Å². The number of imidazole rings is 1. The van der Waals surface area contributed by atoms with E-state index in [1.165, 1.54) is 63.3 Å². The number of anilines is 1. The molecule has 0 unspecified atom stereocenters. The van der Waals surface area contributed by atoms with Crippen molar-refractivity contribution in [2.75, 3.05) is 24.5 Å². The van der Waals surface area contributed by atoms with Crippen molar-refractivity contribution in [1.29, 1.82) is 0 Å². The van der Waals surface area contributed by atoms with Gasteiger partial charge in [-0.2, -0.15) is 0 Å². The fraction of sp³-hybridized carbons (Fsp3) is 0.812. The van der Waals surface area contributed by atoms with Gasteiger partial charge in [0.2, 0.25) is 5.95 Å². The summed E-state index contributed by atoms with van der Waals surface area (Å²) in [6, 6.07) is 1.37. The van der Waals surface area contributed by atoms with E-state index in [9.17, 15) is 0 Å². The molecular weight excluding hydrogens is 248 g/mol. The molecule has 0 radical (unpaired) electrons. The van der Waals surface area contributed by atoms with Gasteiger partial charge in [-0.05, 0) is 32.1 Å². The van der Waals surface area contributed by atoms with E-state index in [-0.39, 0.29) is 0 Å². The third kappa shape index (κ3) is 2.05. The number of nitrogens with zero attached hydrogens (tertiary/aromatic N) is 3. The minimum Gasteiger partial charge on any atom is -0.338 e. The first kappa shape index (κ1) is 12.7. The van der Waals surface area contributed by atoms with Crippen LogP contribution in [0.3, 0.4) is 0 Å². The van der Waals surface area contributed by atoms with Crippen LogP contribution in [0.1, 0.15) is 50.3 Å². The Balaban J connectivity index is 1.64. The number of nitrogens with one attached hydrogen (secondary N) is 1. The zero-order valence-electron chi connectivity index (χ0n) is 12.5. The van der Waals surface area contributed by atoms with Crippen molar-refractivity contribution in [3.63, 3.8) is 0 Å². The van der Waals surface area contributed by atoms with Gasteiger partial charge in [0, 0.05) is 37.9 Å². The molecule has 0 bridgehead atoms. The van der Waals surface area contributed by atoms with Crippen LogP contribution in [0.2, 0.25) is 0 Å². The summed E-state index contributed by atoms with van der Waals surface area (Å²) in [6.07, 6.45) is 10.5. The normalized spacial score (nSPS) is 30.9. The zero-order chi connectivity index (χ0) is 13.5. The SMILES string of the molecule is Cc1cn(C2CCCCC2)c(N2CC[C@H]3CNC[C@H]32)n1. The van der Waals surface area contributed by atoms with Crippen molar-refractivity contribution >= 4 is 5.95 Å². The highest BCUT2D eigenvalue weighted by molar-refractivity contribution is 5.39. The molecule has 0 aromatic carbocycles. The van der Waals surface area contributed by atoms with Crippen molar-refractivity contribution < 1.29 is 0 Å². The minimum absolute atomic E-state index is 0.680. The van der Waals surface area contributed by atoms with Crippen LogP contribution in [0.25, 0.3) is 0 Å². The predicted molar refractivity (Wildman–Crippen MR) is 81.2 cm³/mol. The van der Waals surface area contributed by atoms with Gasteiger partial charge in [-0.3, -0.25) is 0 Å². The Hall–Kier alpha value is -1.03. The van der Waals surface area contributed by atoms with E-state index in [0.717, 1.165) is 12.5 Å². The highest BCUT2D eigenvalue weighted by Gasteiger charge is 2.39. The van der Waals surface area contributed by atoms with Crippen LogP contribution in [0.5, 0.6) is 0 Å². The van der Waals surface area contributed by atoms with E-state index < -0.39 is 0 Å². The molecule has 4 rings (SSSR count). The molecule has 4 heteroatoms. The summed E-state index contributed by atoms with van der Waals surface area (Å²) in [5.74, 6) is 2.09. The van der Waals surface area contributed by atoms with E-state index in [0.29, 0.717) is 12.1 Å². The maximum atomic E-state index is 4.89.